The number of hydrogen-bond acceptors (Lipinski definition) is 7. The summed E-state index contributed by atoms with van der Waals surface area (Å²) in [5.41, 5.74) is 0. The predicted molar refractivity (Wildman–Crippen MR) is 256 cm³/mol. The fourth-order valence-corrected chi connectivity index (χ4v) is 7.22. The van der Waals surface area contributed by atoms with E-state index in [1.54, 1.807) is 0 Å². The highest BCUT2D eigenvalue weighted by Gasteiger charge is 2.23. The van der Waals surface area contributed by atoms with E-state index < -0.39 is 26.5 Å². The average molecular weight is 876 g/mol. The topological polar surface area (TPSA) is 131 Å². The molecule has 0 bridgehead atoms. The number of aliphatic hydroxyl groups excluding tert-OH is 1. The van der Waals surface area contributed by atoms with Gasteiger partial charge in [-0.05, 0) is 83.5 Å². The molecule has 0 rings (SSSR count). The Morgan fingerprint density at radius 2 is 0.934 bits per heavy atom. The molecule has 0 aliphatic heterocycles. The minimum Gasteiger partial charge on any atom is -0.463 e. The SMILES string of the molecule is CC/C=C\C/C=C\C/C=C\C/C=C\C/C=C\CCCCCC(=O)OCC(O)COP(=O)(O)OCCNC(=O)CCCCCCCCCCCCC/C=C/CCCCCCCC. The van der Waals surface area contributed by atoms with Crippen molar-refractivity contribution in [1.82, 2.24) is 5.32 Å². The van der Waals surface area contributed by atoms with Crippen molar-refractivity contribution in [2.24, 2.45) is 0 Å². The molecule has 352 valence electrons. The summed E-state index contributed by atoms with van der Waals surface area (Å²) in [6.45, 7) is 3.41. The van der Waals surface area contributed by atoms with Gasteiger partial charge in [-0.25, -0.2) is 4.57 Å². The van der Waals surface area contributed by atoms with Crippen LogP contribution in [0.25, 0.3) is 0 Å². The number of rotatable bonds is 45. The lowest BCUT2D eigenvalue weighted by Gasteiger charge is -2.15. The first-order chi connectivity index (χ1) is 29.8. The minimum atomic E-state index is -4.43. The van der Waals surface area contributed by atoms with Gasteiger partial charge in [0.05, 0.1) is 13.2 Å². The van der Waals surface area contributed by atoms with Crippen molar-refractivity contribution in [3.63, 3.8) is 0 Å². The van der Waals surface area contributed by atoms with Gasteiger partial charge >= 0.3 is 13.8 Å². The summed E-state index contributed by atoms with van der Waals surface area (Å²) in [4.78, 5) is 34.0. The molecule has 0 aromatic carbocycles. The molecule has 0 aliphatic rings. The number of phosphoric acid groups is 1. The van der Waals surface area contributed by atoms with Crippen molar-refractivity contribution in [1.29, 1.82) is 0 Å². The molecule has 0 fully saturated rings. The standard InChI is InChI=1S/C51H90NO8P/c1-3-5-7-9-11-13-15-17-19-21-23-24-26-27-29-31-33-35-37-39-41-43-50(54)52-45-46-59-61(56,57)60-48-49(53)47-58-51(55)44-42-40-38-36-34-32-30-28-25-22-20-18-16-14-12-10-8-6-4-2/h6,8,12,14,17-20,25,28,32,34,49,53H,3-5,7,9-11,13,15-16,21-24,26-27,29-31,33,35-48H2,1-2H3,(H,52,54)(H,56,57)/b8-6-,14-12-,19-17+,20-18-,28-25-,34-32-. The van der Waals surface area contributed by atoms with E-state index in [0.29, 0.717) is 12.8 Å². The fraction of sp³-hybridized carbons (Fsp3) is 0.725. The lowest BCUT2D eigenvalue weighted by Crippen LogP contribution is -2.27. The molecule has 0 saturated heterocycles. The molecule has 0 aromatic heterocycles. The summed E-state index contributed by atoms with van der Waals surface area (Å²) in [6, 6.07) is 0. The van der Waals surface area contributed by atoms with Gasteiger partial charge in [-0.15, -0.1) is 0 Å². The molecule has 0 aromatic rings. The summed E-state index contributed by atoms with van der Waals surface area (Å²) in [5, 5.41) is 12.7. The van der Waals surface area contributed by atoms with Crippen molar-refractivity contribution in [3.8, 4) is 0 Å². The van der Waals surface area contributed by atoms with Crippen LogP contribution in [-0.4, -0.2) is 54.3 Å². The van der Waals surface area contributed by atoms with Crippen molar-refractivity contribution in [3.05, 3.63) is 72.9 Å². The Hall–Kier alpha value is -2.55. The first kappa shape index (κ1) is 58.5. The Bertz CT molecular complexity index is 1230. The Morgan fingerprint density at radius 3 is 1.44 bits per heavy atom. The first-order valence-corrected chi connectivity index (χ1v) is 25.9. The Morgan fingerprint density at radius 1 is 0.525 bits per heavy atom. The third-order valence-electron chi connectivity index (χ3n) is 10.1. The normalized spacial score (nSPS) is 13.8. The Kier molecular flexibility index (Phi) is 45.0. The summed E-state index contributed by atoms with van der Waals surface area (Å²) < 4.78 is 26.9. The predicted octanol–water partition coefficient (Wildman–Crippen LogP) is 14.2. The minimum absolute atomic E-state index is 0.0746. The van der Waals surface area contributed by atoms with Gasteiger partial charge in [0.15, 0.2) is 0 Å². The monoisotopic (exact) mass is 876 g/mol. The third-order valence-corrected chi connectivity index (χ3v) is 11.1. The van der Waals surface area contributed by atoms with Crippen LogP contribution in [0.5, 0.6) is 0 Å². The zero-order chi connectivity index (χ0) is 44.6. The summed E-state index contributed by atoms with van der Waals surface area (Å²) in [5.74, 6) is -0.551. The van der Waals surface area contributed by atoms with Crippen molar-refractivity contribution in [2.75, 3.05) is 26.4 Å². The van der Waals surface area contributed by atoms with Crippen LogP contribution in [0, 0.1) is 0 Å². The van der Waals surface area contributed by atoms with Gasteiger partial charge in [-0.2, -0.15) is 0 Å². The highest BCUT2D eigenvalue weighted by Crippen LogP contribution is 2.42. The summed E-state index contributed by atoms with van der Waals surface area (Å²) in [7, 11) is -4.43. The van der Waals surface area contributed by atoms with Crippen LogP contribution in [-0.2, 0) is 27.9 Å². The van der Waals surface area contributed by atoms with Crippen LogP contribution >= 0.6 is 7.82 Å². The quantitative estimate of drug-likeness (QED) is 0.0239. The van der Waals surface area contributed by atoms with Gasteiger partial charge in [0.2, 0.25) is 5.91 Å². The van der Waals surface area contributed by atoms with Crippen LogP contribution < -0.4 is 5.32 Å². The first-order valence-electron chi connectivity index (χ1n) is 24.4. The van der Waals surface area contributed by atoms with Crippen LogP contribution in [0.15, 0.2) is 72.9 Å². The van der Waals surface area contributed by atoms with Crippen LogP contribution in [0.3, 0.4) is 0 Å². The molecule has 61 heavy (non-hydrogen) atoms. The molecule has 0 heterocycles. The molecule has 0 aliphatic carbocycles. The molecule has 2 unspecified atom stereocenters. The number of esters is 1. The zero-order valence-corrected chi connectivity index (χ0v) is 39.7. The lowest BCUT2D eigenvalue weighted by atomic mass is 10.0. The molecular formula is C51H90NO8P. The maximum absolute atomic E-state index is 12.1. The second-order valence-corrected chi connectivity index (χ2v) is 17.5. The number of hydrogen-bond donors (Lipinski definition) is 3. The highest BCUT2D eigenvalue weighted by molar-refractivity contribution is 7.47. The number of unbranched alkanes of at least 4 members (excludes halogenated alkanes) is 20. The van der Waals surface area contributed by atoms with Crippen molar-refractivity contribution >= 4 is 19.7 Å². The molecule has 0 spiro atoms. The van der Waals surface area contributed by atoms with Crippen molar-refractivity contribution < 1.29 is 37.9 Å². The van der Waals surface area contributed by atoms with E-state index in [0.717, 1.165) is 70.6 Å². The Labute approximate surface area is 373 Å². The molecule has 0 radical (unpaired) electrons. The molecule has 3 N–H and O–H groups in total. The molecular weight excluding hydrogens is 786 g/mol. The van der Waals surface area contributed by atoms with Gasteiger partial charge in [0, 0.05) is 19.4 Å². The van der Waals surface area contributed by atoms with E-state index >= 15 is 0 Å². The second kappa shape index (κ2) is 46.9. The van der Waals surface area contributed by atoms with Gasteiger partial charge in [-0.1, -0.05) is 183 Å². The largest absolute Gasteiger partial charge is 0.472 e. The van der Waals surface area contributed by atoms with Crippen LogP contribution in [0.1, 0.15) is 206 Å². The van der Waals surface area contributed by atoms with E-state index in [1.807, 2.05) is 0 Å². The van der Waals surface area contributed by atoms with E-state index in [9.17, 15) is 24.2 Å². The van der Waals surface area contributed by atoms with E-state index in [2.05, 4.69) is 92.1 Å². The second-order valence-electron chi connectivity index (χ2n) is 16.0. The number of carbonyl (C=O) groups excluding carboxylic acids is 2. The zero-order valence-electron chi connectivity index (χ0n) is 38.8. The van der Waals surface area contributed by atoms with Crippen LogP contribution in [0.4, 0.5) is 0 Å². The number of phosphoric ester groups is 1. The maximum Gasteiger partial charge on any atom is 0.472 e. The molecule has 10 heteroatoms. The van der Waals surface area contributed by atoms with Crippen molar-refractivity contribution in [2.45, 2.75) is 213 Å². The van der Waals surface area contributed by atoms with E-state index in [1.165, 1.54) is 103 Å². The number of amides is 1. The van der Waals surface area contributed by atoms with Gasteiger partial charge in [-0.3, -0.25) is 18.6 Å². The smallest absolute Gasteiger partial charge is 0.463 e. The molecule has 1 amide bonds. The molecule has 9 nitrogen and oxygen atoms in total. The molecule has 0 saturated carbocycles. The fourth-order valence-electron chi connectivity index (χ4n) is 6.46. The van der Waals surface area contributed by atoms with E-state index in [-0.39, 0.29) is 32.1 Å². The number of nitrogens with one attached hydrogen (secondary N) is 1. The number of ether oxygens (including phenoxy) is 1. The van der Waals surface area contributed by atoms with Gasteiger partial charge < -0.3 is 20.1 Å². The van der Waals surface area contributed by atoms with E-state index in [4.69, 9.17) is 13.8 Å². The number of aliphatic hydroxyl groups is 1. The maximum atomic E-state index is 12.1. The lowest BCUT2D eigenvalue weighted by molar-refractivity contribution is -0.147. The van der Waals surface area contributed by atoms with Gasteiger partial charge in [0.1, 0.15) is 12.7 Å². The summed E-state index contributed by atoms with van der Waals surface area (Å²) in [6.07, 6.45) is 58.4. The number of allylic oxidation sites excluding steroid dienone is 12. The van der Waals surface area contributed by atoms with Crippen LogP contribution in [0.2, 0.25) is 0 Å². The Balaban J connectivity index is 3.62. The third kappa shape index (κ3) is 48.3. The highest BCUT2D eigenvalue weighted by atomic mass is 31.2. The summed E-state index contributed by atoms with van der Waals surface area (Å²) >= 11 is 0. The average Bonchev–Trinajstić information content (AvgIpc) is 3.25. The number of carbonyl (C=O) groups is 2. The van der Waals surface area contributed by atoms with Gasteiger partial charge in [0.25, 0.3) is 0 Å². The molecule has 2 atom stereocenters.